The van der Waals surface area contributed by atoms with Crippen LogP contribution in [0.15, 0.2) is 24.4 Å². The number of carbonyl (C=O) groups is 1. The summed E-state index contributed by atoms with van der Waals surface area (Å²) < 4.78 is 5.42. The summed E-state index contributed by atoms with van der Waals surface area (Å²) in [5, 5.41) is 13.4. The van der Waals surface area contributed by atoms with Crippen molar-refractivity contribution in [2.24, 2.45) is 0 Å². The molecule has 1 aliphatic rings. The molecule has 0 aliphatic carbocycles. The maximum atomic E-state index is 12.2. The Kier molecular flexibility index (Phi) is 4.45. The summed E-state index contributed by atoms with van der Waals surface area (Å²) >= 11 is 0. The highest BCUT2D eigenvalue weighted by atomic mass is 16.6. The molecular weight excluding hydrogens is 318 g/mol. The van der Waals surface area contributed by atoms with Gasteiger partial charge < -0.3 is 15.0 Å². The first kappa shape index (κ1) is 17.0. The fourth-order valence-corrected chi connectivity index (χ4v) is 2.81. The third-order valence-electron chi connectivity index (χ3n) is 3.88. The van der Waals surface area contributed by atoms with Crippen molar-refractivity contribution in [1.29, 1.82) is 5.26 Å². The Balaban J connectivity index is 1.75. The second kappa shape index (κ2) is 6.55. The van der Waals surface area contributed by atoms with Gasteiger partial charge in [0.2, 0.25) is 0 Å². The van der Waals surface area contributed by atoms with Crippen molar-refractivity contribution in [3.05, 3.63) is 30.1 Å². The van der Waals surface area contributed by atoms with E-state index in [0.29, 0.717) is 24.6 Å². The SMILES string of the molecule is CC(C)(C)OC(=O)N1CC[C@H](Nc2nc(C#N)cc3cccnc23)C1. The minimum Gasteiger partial charge on any atom is -0.444 e. The number of amides is 1. The Labute approximate surface area is 146 Å². The number of hydrogen-bond acceptors (Lipinski definition) is 6. The molecule has 0 aromatic carbocycles. The summed E-state index contributed by atoms with van der Waals surface area (Å²) in [4.78, 5) is 22.6. The number of carbonyl (C=O) groups excluding carboxylic acids is 1. The summed E-state index contributed by atoms with van der Waals surface area (Å²) in [5.74, 6) is 0.575. The van der Waals surface area contributed by atoms with E-state index in [9.17, 15) is 10.1 Å². The monoisotopic (exact) mass is 339 g/mol. The Morgan fingerprint density at radius 3 is 3.00 bits per heavy atom. The predicted octanol–water partition coefficient (Wildman–Crippen LogP) is 2.92. The van der Waals surface area contributed by atoms with Crippen LogP contribution in [0.4, 0.5) is 10.6 Å². The van der Waals surface area contributed by atoms with Gasteiger partial charge in [-0.25, -0.2) is 9.78 Å². The normalized spacial score (nSPS) is 17.4. The van der Waals surface area contributed by atoms with Crippen molar-refractivity contribution in [2.75, 3.05) is 18.4 Å². The third kappa shape index (κ3) is 3.97. The lowest BCUT2D eigenvalue weighted by Gasteiger charge is -2.24. The molecule has 0 saturated carbocycles. The quantitative estimate of drug-likeness (QED) is 0.904. The van der Waals surface area contributed by atoms with Crippen molar-refractivity contribution < 1.29 is 9.53 Å². The van der Waals surface area contributed by atoms with Crippen LogP contribution < -0.4 is 5.32 Å². The molecule has 7 nitrogen and oxygen atoms in total. The molecule has 130 valence electrons. The highest BCUT2D eigenvalue weighted by Crippen LogP contribution is 2.23. The topological polar surface area (TPSA) is 91.1 Å². The van der Waals surface area contributed by atoms with Crippen LogP contribution in [-0.2, 0) is 4.74 Å². The summed E-state index contributed by atoms with van der Waals surface area (Å²) in [6.07, 6.45) is 2.17. The molecule has 3 heterocycles. The molecule has 1 amide bonds. The number of hydrogen-bond donors (Lipinski definition) is 1. The minimum absolute atomic E-state index is 0.0409. The van der Waals surface area contributed by atoms with Crippen molar-refractivity contribution in [1.82, 2.24) is 14.9 Å². The first-order chi connectivity index (χ1) is 11.9. The van der Waals surface area contributed by atoms with E-state index >= 15 is 0 Å². The summed E-state index contributed by atoms with van der Waals surface area (Å²) in [6, 6.07) is 7.56. The van der Waals surface area contributed by atoms with Crippen molar-refractivity contribution >= 4 is 22.8 Å². The number of nitriles is 1. The molecule has 1 atom stereocenters. The molecule has 0 bridgehead atoms. The molecule has 1 aliphatic heterocycles. The van der Waals surface area contributed by atoms with Gasteiger partial charge in [-0.1, -0.05) is 6.07 Å². The molecule has 7 heteroatoms. The largest absolute Gasteiger partial charge is 0.444 e. The van der Waals surface area contributed by atoms with E-state index in [0.717, 1.165) is 17.3 Å². The van der Waals surface area contributed by atoms with Crippen LogP contribution in [0.25, 0.3) is 10.9 Å². The second-order valence-corrected chi connectivity index (χ2v) is 7.10. The molecular formula is C18H21N5O2. The molecule has 3 rings (SSSR count). The lowest BCUT2D eigenvalue weighted by atomic mass is 10.2. The zero-order valence-corrected chi connectivity index (χ0v) is 14.6. The molecule has 2 aromatic rings. The number of aromatic nitrogens is 2. The lowest BCUT2D eigenvalue weighted by Crippen LogP contribution is -2.36. The van der Waals surface area contributed by atoms with Gasteiger partial charge in [0.1, 0.15) is 22.9 Å². The van der Waals surface area contributed by atoms with E-state index in [1.54, 1.807) is 17.2 Å². The number of ether oxygens (including phenoxy) is 1. The number of nitrogens with zero attached hydrogens (tertiary/aromatic N) is 4. The maximum Gasteiger partial charge on any atom is 0.410 e. The molecule has 1 N–H and O–H groups in total. The van der Waals surface area contributed by atoms with Gasteiger partial charge in [0.05, 0.1) is 0 Å². The second-order valence-electron chi connectivity index (χ2n) is 7.10. The third-order valence-corrected chi connectivity index (χ3v) is 3.88. The van der Waals surface area contributed by atoms with Gasteiger partial charge in [-0.2, -0.15) is 5.26 Å². The zero-order valence-electron chi connectivity index (χ0n) is 14.6. The van der Waals surface area contributed by atoms with Crippen LogP contribution in [0.3, 0.4) is 0 Å². The van der Waals surface area contributed by atoms with Crippen LogP contribution in [0.2, 0.25) is 0 Å². The van der Waals surface area contributed by atoms with Gasteiger partial charge in [0, 0.05) is 30.7 Å². The van der Waals surface area contributed by atoms with Crippen molar-refractivity contribution in [3.63, 3.8) is 0 Å². The number of fused-ring (bicyclic) bond motifs is 1. The Bertz CT molecular complexity index is 837. The van der Waals surface area contributed by atoms with Gasteiger partial charge in [0.15, 0.2) is 5.82 Å². The first-order valence-corrected chi connectivity index (χ1v) is 8.26. The summed E-state index contributed by atoms with van der Waals surface area (Å²) in [6.45, 7) is 6.71. The zero-order chi connectivity index (χ0) is 18.0. The number of nitrogens with one attached hydrogen (secondary N) is 1. The summed E-state index contributed by atoms with van der Waals surface area (Å²) in [7, 11) is 0. The van der Waals surface area contributed by atoms with E-state index in [1.165, 1.54) is 0 Å². The minimum atomic E-state index is -0.509. The van der Waals surface area contributed by atoms with Crippen LogP contribution in [0.1, 0.15) is 32.9 Å². The lowest BCUT2D eigenvalue weighted by molar-refractivity contribution is 0.0293. The van der Waals surface area contributed by atoms with Crippen molar-refractivity contribution in [3.8, 4) is 6.07 Å². The van der Waals surface area contributed by atoms with E-state index in [-0.39, 0.29) is 12.1 Å². The Hall–Kier alpha value is -2.88. The van der Waals surface area contributed by atoms with E-state index in [1.807, 2.05) is 32.9 Å². The molecule has 2 aromatic heterocycles. The first-order valence-electron chi connectivity index (χ1n) is 8.26. The van der Waals surface area contributed by atoms with E-state index in [4.69, 9.17) is 4.74 Å². The summed E-state index contributed by atoms with van der Waals surface area (Å²) in [5.41, 5.74) is 0.549. The average Bonchev–Trinajstić information content (AvgIpc) is 3.02. The predicted molar refractivity (Wildman–Crippen MR) is 94.1 cm³/mol. The standard InChI is InChI=1S/C18H21N5O2/c1-18(2,3)25-17(24)23-8-6-13(11-23)21-16-15-12(5-4-7-20-15)9-14(10-19)22-16/h4-5,7,9,13H,6,8,11H2,1-3H3,(H,21,22)/t13-/m0/s1. The number of likely N-dealkylation sites (tertiary alicyclic amines) is 1. The Morgan fingerprint density at radius 2 is 2.28 bits per heavy atom. The van der Waals surface area contributed by atoms with Gasteiger partial charge >= 0.3 is 6.09 Å². The van der Waals surface area contributed by atoms with E-state index < -0.39 is 5.60 Å². The number of rotatable bonds is 2. The fourth-order valence-electron chi connectivity index (χ4n) is 2.81. The van der Waals surface area contributed by atoms with Crippen LogP contribution in [0, 0.1) is 11.3 Å². The highest BCUT2D eigenvalue weighted by molar-refractivity contribution is 5.89. The van der Waals surface area contributed by atoms with E-state index in [2.05, 4.69) is 21.4 Å². The molecule has 1 fully saturated rings. The smallest absolute Gasteiger partial charge is 0.410 e. The Morgan fingerprint density at radius 1 is 1.48 bits per heavy atom. The van der Waals surface area contributed by atoms with Crippen molar-refractivity contribution in [2.45, 2.75) is 38.8 Å². The molecule has 25 heavy (non-hydrogen) atoms. The average molecular weight is 339 g/mol. The van der Waals surface area contributed by atoms with Gasteiger partial charge in [-0.15, -0.1) is 0 Å². The van der Waals surface area contributed by atoms with Crippen LogP contribution in [0.5, 0.6) is 0 Å². The van der Waals surface area contributed by atoms with Crippen LogP contribution >= 0.6 is 0 Å². The molecule has 0 radical (unpaired) electrons. The molecule has 1 saturated heterocycles. The molecule has 0 spiro atoms. The fraction of sp³-hybridized carbons (Fsp3) is 0.444. The van der Waals surface area contributed by atoms with Crippen LogP contribution in [-0.4, -0.2) is 45.7 Å². The highest BCUT2D eigenvalue weighted by Gasteiger charge is 2.30. The number of pyridine rings is 2. The van der Waals surface area contributed by atoms with Gasteiger partial charge in [-0.05, 0) is 39.3 Å². The maximum absolute atomic E-state index is 12.2. The number of anilines is 1. The van der Waals surface area contributed by atoms with Gasteiger partial charge in [-0.3, -0.25) is 4.98 Å². The molecule has 0 unspecified atom stereocenters. The van der Waals surface area contributed by atoms with Gasteiger partial charge in [0.25, 0.3) is 0 Å².